The molecule has 0 aliphatic carbocycles. The molecule has 1 atom stereocenters. The van der Waals surface area contributed by atoms with Crippen LogP contribution >= 0.6 is 0 Å². The Balaban J connectivity index is 1.92. The number of carboxylic acid groups (broad SMARTS) is 1. The molecule has 0 bridgehead atoms. The highest BCUT2D eigenvalue weighted by Gasteiger charge is 2.24. The third-order valence-electron chi connectivity index (χ3n) is 3.94. The van der Waals surface area contributed by atoms with Crippen molar-refractivity contribution in [1.29, 1.82) is 0 Å². The SMILES string of the molecule is Cc1ccc(CCC(C(=O)O)n2c(=O)oc3ccccc32)cc1. The fraction of sp³-hybridized carbons (Fsp3) is 0.222. The van der Waals surface area contributed by atoms with Crippen LogP contribution in [0.15, 0.2) is 57.7 Å². The molecule has 0 radical (unpaired) electrons. The number of carbonyl (C=O) groups is 1. The van der Waals surface area contributed by atoms with Crippen molar-refractivity contribution in [3.8, 4) is 0 Å². The molecule has 3 rings (SSSR count). The maximum absolute atomic E-state index is 12.1. The van der Waals surface area contributed by atoms with E-state index in [4.69, 9.17) is 4.42 Å². The van der Waals surface area contributed by atoms with E-state index in [2.05, 4.69) is 0 Å². The van der Waals surface area contributed by atoms with Crippen molar-refractivity contribution in [2.75, 3.05) is 0 Å². The number of hydrogen-bond donors (Lipinski definition) is 1. The van der Waals surface area contributed by atoms with E-state index in [-0.39, 0.29) is 0 Å². The fourth-order valence-electron chi connectivity index (χ4n) is 2.70. The summed E-state index contributed by atoms with van der Waals surface area (Å²) >= 11 is 0. The van der Waals surface area contributed by atoms with Gasteiger partial charge in [0.05, 0.1) is 5.52 Å². The fourth-order valence-corrected chi connectivity index (χ4v) is 2.70. The van der Waals surface area contributed by atoms with E-state index >= 15 is 0 Å². The Labute approximate surface area is 132 Å². The number of benzene rings is 2. The molecule has 0 saturated heterocycles. The lowest BCUT2D eigenvalue weighted by atomic mass is 10.0. The lowest BCUT2D eigenvalue weighted by Gasteiger charge is -2.13. The first-order chi connectivity index (χ1) is 11.1. The first-order valence-electron chi connectivity index (χ1n) is 7.44. The number of rotatable bonds is 5. The largest absolute Gasteiger partial charge is 0.480 e. The second-order valence-corrected chi connectivity index (χ2v) is 5.58. The lowest BCUT2D eigenvalue weighted by molar-refractivity contribution is -0.141. The van der Waals surface area contributed by atoms with Crippen molar-refractivity contribution in [3.63, 3.8) is 0 Å². The molecule has 23 heavy (non-hydrogen) atoms. The maximum atomic E-state index is 12.1. The summed E-state index contributed by atoms with van der Waals surface area (Å²) in [5.74, 6) is -1.67. The Morgan fingerprint density at radius 1 is 1.17 bits per heavy atom. The van der Waals surface area contributed by atoms with E-state index in [1.807, 2.05) is 31.2 Å². The predicted octanol–water partition coefficient (Wildman–Crippen LogP) is 3.16. The molecule has 0 amide bonds. The monoisotopic (exact) mass is 311 g/mol. The number of nitrogens with zero attached hydrogens (tertiary/aromatic N) is 1. The van der Waals surface area contributed by atoms with Gasteiger partial charge in [0.25, 0.3) is 0 Å². The van der Waals surface area contributed by atoms with Crippen molar-refractivity contribution in [3.05, 3.63) is 70.2 Å². The van der Waals surface area contributed by atoms with Gasteiger partial charge in [-0.1, -0.05) is 42.0 Å². The van der Waals surface area contributed by atoms with Crippen LogP contribution in [0.5, 0.6) is 0 Å². The van der Waals surface area contributed by atoms with Crippen LogP contribution in [0.1, 0.15) is 23.6 Å². The highest BCUT2D eigenvalue weighted by molar-refractivity contribution is 5.78. The second-order valence-electron chi connectivity index (χ2n) is 5.58. The van der Waals surface area contributed by atoms with Gasteiger partial charge in [-0.15, -0.1) is 0 Å². The predicted molar refractivity (Wildman–Crippen MR) is 86.6 cm³/mol. The number of oxazole rings is 1. The van der Waals surface area contributed by atoms with Crippen LogP contribution in [0.25, 0.3) is 11.1 Å². The van der Waals surface area contributed by atoms with Crippen LogP contribution in [0, 0.1) is 6.92 Å². The Morgan fingerprint density at radius 2 is 1.87 bits per heavy atom. The van der Waals surface area contributed by atoms with Crippen molar-refractivity contribution < 1.29 is 14.3 Å². The first-order valence-corrected chi connectivity index (χ1v) is 7.44. The Morgan fingerprint density at radius 3 is 2.57 bits per heavy atom. The molecule has 5 nitrogen and oxygen atoms in total. The van der Waals surface area contributed by atoms with Gasteiger partial charge in [-0.3, -0.25) is 4.57 Å². The van der Waals surface area contributed by atoms with E-state index in [1.54, 1.807) is 24.3 Å². The molecule has 1 heterocycles. The summed E-state index contributed by atoms with van der Waals surface area (Å²) in [6.07, 6.45) is 0.894. The zero-order valence-corrected chi connectivity index (χ0v) is 12.7. The summed E-state index contributed by atoms with van der Waals surface area (Å²) < 4.78 is 6.37. The minimum absolute atomic E-state index is 0.321. The summed E-state index contributed by atoms with van der Waals surface area (Å²) in [5.41, 5.74) is 3.11. The Kier molecular flexibility index (Phi) is 4.02. The van der Waals surface area contributed by atoms with Gasteiger partial charge < -0.3 is 9.52 Å². The van der Waals surface area contributed by atoms with Crippen LogP contribution in [0.3, 0.4) is 0 Å². The Hall–Kier alpha value is -2.82. The van der Waals surface area contributed by atoms with Gasteiger partial charge in [-0.05, 0) is 37.5 Å². The van der Waals surface area contributed by atoms with Crippen LogP contribution in [-0.4, -0.2) is 15.6 Å². The molecule has 2 aromatic carbocycles. The zero-order valence-electron chi connectivity index (χ0n) is 12.7. The standard InChI is InChI=1S/C18H17NO4/c1-12-6-8-13(9-7-12)10-11-15(17(20)21)19-14-4-2-3-5-16(14)23-18(19)22/h2-9,15H,10-11H2,1H3,(H,20,21). The lowest BCUT2D eigenvalue weighted by Crippen LogP contribution is -2.27. The van der Waals surface area contributed by atoms with Crippen molar-refractivity contribution in [2.45, 2.75) is 25.8 Å². The van der Waals surface area contributed by atoms with E-state index in [0.717, 1.165) is 11.1 Å². The molecule has 5 heteroatoms. The van der Waals surface area contributed by atoms with E-state index in [0.29, 0.717) is 23.9 Å². The van der Waals surface area contributed by atoms with Crippen LogP contribution < -0.4 is 5.76 Å². The van der Waals surface area contributed by atoms with Gasteiger partial charge >= 0.3 is 11.7 Å². The molecule has 0 aliphatic rings. The molecule has 1 unspecified atom stereocenters. The third-order valence-corrected chi connectivity index (χ3v) is 3.94. The van der Waals surface area contributed by atoms with Crippen LogP contribution in [0.4, 0.5) is 0 Å². The molecule has 1 N–H and O–H groups in total. The number of carboxylic acids is 1. The second kappa shape index (κ2) is 6.12. The average Bonchev–Trinajstić information content (AvgIpc) is 2.85. The third kappa shape index (κ3) is 3.04. The summed E-state index contributed by atoms with van der Waals surface area (Å²) in [4.78, 5) is 23.7. The van der Waals surface area contributed by atoms with Gasteiger partial charge in [0.1, 0.15) is 6.04 Å². The minimum Gasteiger partial charge on any atom is -0.480 e. The smallest absolute Gasteiger partial charge is 0.420 e. The van der Waals surface area contributed by atoms with Gasteiger partial charge in [-0.2, -0.15) is 0 Å². The molecule has 0 aliphatic heterocycles. The van der Waals surface area contributed by atoms with Crippen molar-refractivity contribution >= 4 is 17.1 Å². The van der Waals surface area contributed by atoms with Crippen LogP contribution in [-0.2, 0) is 11.2 Å². The van der Waals surface area contributed by atoms with Gasteiger partial charge in [-0.25, -0.2) is 9.59 Å². The highest BCUT2D eigenvalue weighted by atomic mass is 16.4. The zero-order chi connectivity index (χ0) is 16.4. The molecular formula is C18H17NO4. The number of para-hydroxylation sites is 2. The van der Waals surface area contributed by atoms with Gasteiger partial charge in [0.2, 0.25) is 0 Å². The van der Waals surface area contributed by atoms with Gasteiger partial charge in [0.15, 0.2) is 5.58 Å². The average molecular weight is 311 g/mol. The normalized spacial score (nSPS) is 12.4. The summed E-state index contributed by atoms with van der Waals surface area (Å²) in [7, 11) is 0. The molecular weight excluding hydrogens is 294 g/mol. The summed E-state index contributed by atoms with van der Waals surface area (Å²) in [5, 5.41) is 9.55. The molecule has 1 aromatic heterocycles. The molecule has 0 fully saturated rings. The molecule has 0 saturated carbocycles. The maximum Gasteiger partial charge on any atom is 0.420 e. The topological polar surface area (TPSA) is 72.4 Å². The number of aryl methyl sites for hydroxylation is 2. The quantitative estimate of drug-likeness (QED) is 0.785. The Bertz CT molecular complexity index is 889. The molecule has 118 valence electrons. The molecule has 3 aromatic rings. The number of hydrogen-bond acceptors (Lipinski definition) is 3. The first kappa shape index (κ1) is 15.1. The molecule has 0 spiro atoms. The van der Waals surface area contributed by atoms with E-state index < -0.39 is 17.8 Å². The van der Waals surface area contributed by atoms with Crippen molar-refractivity contribution in [2.24, 2.45) is 0 Å². The summed E-state index contributed by atoms with van der Waals surface area (Å²) in [6, 6.07) is 13.8. The number of aliphatic carboxylic acids is 1. The van der Waals surface area contributed by atoms with Crippen LogP contribution in [0.2, 0.25) is 0 Å². The van der Waals surface area contributed by atoms with Crippen molar-refractivity contribution in [1.82, 2.24) is 4.57 Å². The highest BCUT2D eigenvalue weighted by Crippen LogP contribution is 2.21. The summed E-state index contributed by atoms with van der Waals surface area (Å²) in [6.45, 7) is 2.00. The minimum atomic E-state index is -1.04. The number of aromatic nitrogens is 1. The van der Waals surface area contributed by atoms with E-state index in [1.165, 1.54) is 4.57 Å². The van der Waals surface area contributed by atoms with E-state index in [9.17, 15) is 14.7 Å². The number of fused-ring (bicyclic) bond motifs is 1. The van der Waals surface area contributed by atoms with Gasteiger partial charge in [0, 0.05) is 0 Å².